The third-order valence-electron chi connectivity index (χ3n) is 3.62. The van der Waals surface area contributed by atoms with Crippen molar-refractivity contribution in [2.45, 2.75) is 12.5 Å². The molecule has 0 spiro atoms. The fourth-order valence-corrected chi connectivity index (χ4v) is 2.46. The summed E-state index contributed by atoms with van der Waals surface area (Å²) in [4.78, 5) is 12.2. The molecule has 0 saturated heterocycles. The van der Waals surface area contributed by atoms with Crippen LogP contribution in [0.5, 0.6) is 0 Å². The number of carbonyl (C=O) groups excluding carboxylic acids is 1. The minimum Gasteiger partial charge on any atom is -0.396 e. The maximum absolute atomic E-state index is 12.2. The van der Waals surface area contributed by atoms with Crippen molar-refractivity contribution in [1.82, 2.24) is 15.1 Å². The minimum absolute atomic E-state index is 0.000409. The van der Waals surface area contributed by atoms with Crippen LogP contribution in [0, 0.1) is 5.92 Å². The smallest absolute Gasteiger partial charge is 0.251 e. The first kappa shape index (κ1) is 13.6. The Morgan fingerprint density at radius 2 is 2.14 bits per heavy atom. The third kappa shape index (κ3) is 3.03. The Labute approximate surface area is 122 Å². The highest BCUT2D eigenvalue weighted by molar-refractivity contribution is 5.94. The molecule has 21 heavy (non-hydrogen) atoms. The van der Waals surface area contributed by atoms with Crippen molar-refractivity contribution >= 4 is 5.91 Å². The average Bonchev–Trinajstić information content (AvgIpc) is 3.19. The molecule has 0 saturated carbocycles. The Morgan fingerprint density at radius 3 is 2.76 bits per heavy atom. The van der Waals surface area contributed by atoms with Crippen molar-refractivity contribution in [2.24, 2.45) is 5.92 Å². The number of amides is 1. The summed E-state index contributed by atoms with van der Waals surface area (Å²) in [7, 11) is 0. The number of hydrogen-bond acceptors (Lipinski definition) is 3. The lowest BCUT2D eigenvalue weighted by Crippen LogP contribution is -2.32. The standard InChI is InChI=1S/C16H17N3O2/c20-11-12-2-5-14(10-12)18-16(21)13-3-6-15(7-4-13)19-9-1-8-17-19/h1-9,12,14,20H,10-11H2,(H,18,21)/t12-,14+/m0/s1. The fraction of sp³-hybridized carbons (Fsp3) is 0.250. The largest absolute Gasteiger partial charge is 0.396 e. The van der Waals surface area contributed by atoms with Gasteiger partial charge in [-0.25, -0.2) is 4.68 Å². The highest BCUT2D eigenvalue weighted by Crippen LogP contribution is 2.17. The normalized spacial score (nSPS) is 20.6. The van der Waals surface area contributed by atoms with Crippen molar-refractivity contribution in [2.75, 3.05) is 6.61 Å². The predicted molar refractivity (Wildman–Crippen MR) is 79.2 cm³/mol. The predicted octanol–water partition coefficient (Wildman–Crippen LogP) is 1.54. The first-order valence-corrected chi connectivity index (χ1v) is 6.96. The van der Waals surface area contributed by atoms with Gasteiger partial charge < -0.3 is 10.4 Å². The van der Waals surface area contributed by atoms with Gasteiger partial charge in [0, 0.05) is 36.5 Å². The van der Waals surface area contributed by atoms with Crippen LogP contribution in [0.1, 0.15) is 16.8 Å². The maximum Gasteiger partial charge on any atom is 0.251 e. The second kappa shape index (κ2) is 5.93. The average molecular weight is 283 g/mol. The van der Waals surface area contributed by atoms with Crippen LogP contribution in [0.25, 0.3) is 5.69 Å². The third-order valence-corrected chi connectivity index (χ3v) is 3.62. The van der Waals surface area contributed by atoms with Crippen LogP contribution in [-0.4, -0.2) is 33.4 Å². The molecular formula is C16H17N3O2. The lowest BCUT2D eigenvalue weighted by Gasteiger charge is -2.13. The molecule has 1 aliphatic carbocycles. The molecule has 0 aliphatic heterocycles. The summed E-state index contributed by atoms with van der Waals surface area (Å²) in [6.07, 6.45) is 8.22. The molecule has 1 aromatic heterocycles. The van der Waals surface area contributed by atoms with E-state index < -0.39 is 0 Å². The molecule has 5 nitrogen and oxygen atoms in total. The number of benzene rings is 1. The number of carbonyl (C=O) groups is 1. The summed E-state index contributed by atoms with van der Waals surface area (Å²) >= 11 is 0. The molecule has 2 atom stereocenters. The molecule has 1 amide bonds. The summed E-state index contributed by atoms with van der Waals surface area (Å²) < 4.78 is 1.74. The topological polar surface area (TPSA) is 67.2 Å². The van der Waals surface area contributed by atoms with E-state index in [0.717, 1.165) is 12.1 Å². The Balaban J connectivity index is 1.64. The highest BCUT2D eigenvalue weighted by Gasteiger charge is 2.20. The molecule has 0 fully saturated rings. The molecule has 1 aromatic carbocycles. The molecule has 2 N–H and O–H groups in total. The molecule has 3 rings (SSSR count). The van der Waals surface area contributed by atoms with Crippen LogP contribution in [0.4, 0.5) is 0 Å². The number of aliphatic hydroxyl groups excluding tert-OH is 1. The van der Waals surface area contributed by atoms with Crippen molar-refractivity contribution in [3.8, 4) is 5.69 Å². The quantitative estimate of drug-likeness (QED) is 0.836. The first-order chi connectivity index (χ1) is 10.3. The molecule has 0 bridgehead atoms. The van der Waals surface area contributed by atoms with Gasteiger partial charge in [-0.05, 0) is 36.8 Å². The molecule has 0 radical (unpaired) electrons. The number of rotatable bonds is 4. The monoisotopic (exact) mass is 283 g/mol. The highest BCUT2D eigenvalue weighted by atomic mass is 16.3. The van der Waals surface area contributed by atoms with Gasteiger partial charge in [0.05, 0.1) is 5.69 Å². The van der Waals surface area contributed by atoms with Gasteiger partial charge in [0.25, 0.3) is 5.91 Å². The minimum atomic E-state index is -0.102. The Hall–Kier alpha value is -2.40. The van der Waals surface area contributed by atoms with Crippen LogP contribution < -0.4 is 5.32 Å². The molecule has 1 heterocycles. The number of nitrogens with zero attached hydrogens (tertiary/aromatic N) is 2. The van der Waals surface area contributed by atoms with Gasteiger partial charge in [-0.15, -0.1) is 0 Å². The second-order valence-electron chi connectivity index (χ2n) is 5.14. The van der Waals surface area contributed by atoms with Gasteiger partial charge in [0.2, 0.25) is 0 Å². The van der Waals surface area contributed by atoms with Gasteiger partial charge in [-0.2, -0.15) is 5.10 Å². The van der Waals surface area contributed by atoms with E-state index in [-0.39, 0.29) is 24.5 Å². The molecule has 2 aromatic rings. The molecule has 0 unspecified atom stereocenters. The van der Waals surface area contributed by atoms with Gasteiger partial charge in [0.15, 0.2) is 0 Å². The van der Waals surface area contributed by atoms with Crippen molar-refractivity contribution < 1.29 is 9.90 Å². The Kier molecular flexibility index (Phi) is 3.83. The van der Waals surface area contributed by atoms with Crippen LogP contribution in [-0.2, 0) is 0 Å². The zero-order chi connectivity index (χ0) is 14.7. The Bertz CT molecular complexity index is 632. The van der Waals surface area contributed by atoms with E-state index in [1.165, 1.54) is 0 Å². The van der Waals surface area contributed by atoms with E-state index in [1.807, 2.05) is 36.5 Å². The fourth-order valence-electron chi connectivity index (χ4n) is 2.46. The summed E-state index contributed by atoms with van der Waals surface area (Å²) in [5.74, 6) is 0.0488. The van der Waals surface area contributed by atoms with Crippen LogP contribution in [0.2, 0.25) is 0 Å². The SMILES string of the molecule is O=C(N[C@@H]1C=C[C@H](CO)C1)c1ccc(-n2cccn2)cc1. The number of hydrogen-bond donors (Lipinski definition) is 2. The summed E-state index contributed by atoms with van der Waals surface area (Å²) in [6, 6.07) is 9.15. The first-order valence-electron chi connectivity index (χ1n) is 6.96. The van der Waals surface area contributed by atoms with E-state index >= 15 is 0 Å². The molecule has 5 heteroatoms. The summed E-state index contributed by atoms with van der Waals surface area (Å²) in [5.41, 5.74) is 1.53. The molecule has 1 aliphatic rings. The van der Waals surface area contributed by atoms with Crippen molar-refractivity contribution in [3.05, 3.63) is 60.4 Å². The summed E-state index contributed by atoms with van der Waals surface area (Å²) in [5, 5.41) is 16.2. The van der Waals surface area contributed by atoms with Gasteiger partial charge >= 0.3 is 0 Å². The molecular weight excluding hydrogens is 266 g/mol. The van der Waals surface area contributed by atoms with Gasteiger partial charge in [-0.1, -0.05) is 12.2 Å². The van der Waals surface area contributed by atoms with E-state index in [4.69, 9.17) is 5.11 Å². The van der Waals surface area contributed by atoms with Crippen molar-refractivity contribution in [3.63, 3.8) is 0 Å². The van der Waals surface area contributed by atoms with E-state index in [0.29, 0.717) is 5.56 Å². The van der Waals surface area contributed by atoms with E-state index in [2.05, 4.69) is 10.4 Å². The Morgan fingerprint density at radius 1 is 1.33 bits per heavy atom. The van der Waals surface area contributed by atoms with Gasteiger partial charge in [0.1, 0.15) is 0 Å². The number of aliphatic hydroxyl groups is 1. The van der Waals surface area contributed by atoms with E-state index in [9.17, 15) is 4.79 Å². The number of nitrogens with one attached hydrogen (secondary N) is 1. The maximum atomic E-state index is 12.2. The lowest BCUT2D eigenvalue weighted by molar-refractivity contribution is 0.0941. The lowest BCUT2D eigenvalue weighted by atomic mass is 10.1. The number of aromatic nitrogens is 2. The van der Waals surface area contributed by atoms with E-state index in [1.54, 1.807) is 23.0 Å². The van der Waals surface area contributed by atoms with Gasteiger partial charge in [-0.3, -0.25) is 4.79 Å². The van der Waals surface area contributed by atoms with Crippen LogP contribution in [0.15, 0.2) is 54.9 Å². The van der Waals surface area contributed by atoms with Crippen molar-refractivity contribution in [1.29, 1.82) is 0 Å². The van der Waals surface area contributed by atoms with Crippen LogP contribution >= 0.6 is 0 Å². The second-order valence-corrected chi connectivity index (χ2v) is 5.14. The zero-order valence-electron chi connectivity index (χ0n) is 11.5. The van der Waals surface area contributed by atoms with Crippen LogP contribution in [0.3, 0.4) is 0 Å². The summed E-state index contributed by atoms with van der Waals surface area (Å²) in [6.45, 7) is 0.126. The molecule has 108 valence electrons. The zero-order valence-corrected chi connectivity index (χ0v) is 11.5.